The molecule has 3 rings (SSSR count). The molecule has 0 saturated heterocycles. The zero-order chi connectivity index (χ0) is 15.4. The normalized spacial score (nSPS) is 25.3. The maximum Gasteiger partial charge on any atom is 0.0645 e. The summed E-state index contributed by atoms with van der Waals surface area (Å²) in [6.45, 7) is 3.90. The summed E-state index contributed by atoms with van der Waals surface area (Å²) in [4.78, 5) is 0. The molecule has 1 saturated carbocycles. The topological polar surface area (TPSA) is 50.1 Å². The SMILES string of the molecule is CC1(CNCc2ccc(-n3cccn3)cc2)CCCCC1O. The monoisotopic (exact) mass is 299 g/mol. The van der Waals surface area contributed by atoms with E-state index in [1.165, 1.54) is 12.0 Å². The molecule has 2 unspecified atom stereocenters. The molecule has 1 aliphatic rings. The number of hydrogen-bond acceptors (Lipinski definition) is 3. The lowest BCUT2D eigenvalue weighted by molar-refractivity contribution is 0.00115. The van der Waals surface area contributed by atoms with Crippen molar-refractivity contribution in [2.75, 3.05) is 6.54 Å². The summed E-state index contributed by atoms with van der Waals surface area (Å²) in [7, 11) is 0. The Morgan fingerprint density at radius 2 is 2.14 bits per heavy atom. The number of rotatable bonds is 5. The van der Waals surface area contributed by atoms with Gasteiger partial charge < -0.3 is 10.4 Å². The Balaban J connectivity index is 1.53. The second-order valence-corrected chi connectivity index (χ2v) is 6.64. The van der Waals surface area contributed by atoms with Gasteiger partial charge >= 0.3 is 0 Å². The van der Waals surface area contributed by atoms with Crippen molar-refractivity contribution < 1.29 is 5.11 Å². The largest absolute Gasteiger partial charge is 0.393 e. The van der Waals surface area contributed by atoms with E-state index in [-0.39, 0.29) is 11.5 Å². The Labute approximate surface area is 132 Å². The van der Waals surface area contributed by atoms with Gasteiger partial charge in [-0.15, -0.1) is 0 Å². The molecule has 1 aromatic carbocycles. The van der Waals surface area contributed by atoms with Gasteiger partial charge in [0.2, 0.25) is 0 Å². The van der Waals surface area contributed by atoms with Crippen LogP contribution in [0.3, 0.4) is 0 Å². The Bertz CT molecular complexity index is 579. The lowest BCUT2D eigenvalue weighted by Crippen LogP contribution is -2.43. The minimum absolute atomic E-state index is 0.0211. The highest BCUT2D eigenvalue weighted by molar-refractivity contribution is 5.33. The van der Waals surface area contributed by atoms with Crippen molar-refractivity contribution in [1.82, 2.24) is 15.1 Å². The van der Waals surface area contributed by atoms with E-state index < -0.39 is 0 Å². The van der Waals surface area contributed by atoms with Crippen LogP contribution in [0, 0.1) is 5.41 Å². The van der Waals surface area contributed by atoms with Crippen molar-refractivity contribution in [2.45, 2.75) is 45.3 Å². The van der Waals surface area contributed by atoms with Crippen LogP contribution in [0.25, 0.3) is 5.69 Å². The second-order valence-electron chi connectivity index (χ2n) is 6.64. The van der Waals surface area contributed by atoms with Crippen molar-refractivity contribution in [1.29, 1.82) is 0 Å². The highest BCUT2D eigenvalue weighted by atomic mass is 16.3. The van der Waals surface area contributed by atoms with Gasteiger partial charge in [-0.1, -0.05) is 31.9 Å². The minimum atomic E-state index is -0.170. The summed E-state index contributed by atoms with van der Waals surface area (Å²) in [5.41, 5.74) is 2.35. The third-order valence-electron chi connectivity index (χ3n) is 4.84. The standard InChI is InChI=1S/C18H25N3O/c1-18(10-3-2-5-17(18)22)14-19-13-15-6-8-16(9-7-15)21-12-4-11-20-21/h4,6-9,11-12,17,19,22H,2-3,5,10,13-14H2,1H3. The van der Waals surface area contributed by atoms with Gasteiger partial charge in [-0.25, -0.2) is 4.68 Å². The van der Waals surface area contributed by atoms with Crippen molar-refractivity contribution in [3.8, 4) is 5.69 Å². The van der Waals surface area contributed by atoms with E-state index in [1.807, 2.05) is 16.9 Å². The van der Waals surface area contributed by atoms with Crippen LogP contribution in [-0.2, 0) is 6.54 Å². The molecule has 118 valence electrons. The van der Waals surface area contributed by atoms with Gasteiger partial charge in [-0.05, 0) is 36.6 Å². The Hall–Kier alpha value is -1.65. The summed E-state index contributed by atoms with van der Waals surface area (Å²) in [6, 6.07) is 10.3. The average Bonchev–Trinajstić information content (AvgIpc) is 3.06. The minimum Gasteiger partial charge on any atom is -0.393 e. The van der Waals surface area contributed by atoms with E-state index in [4.69, 9.17) is 0 Å². The lowest BCUT2D eigenvalue weighted by Gasteiger charge is -2.38. The molecule has 2 atom stereocenters. The Morgan fingerprint density at radius 3 is 2.82 bits per heavy atom. The molecule has 2 N–H and O–H groups in total. The molecule has 0 spiro atoms. The van der Waals surface area contributed by atoms with E-state index >= 15 is 0 Å². The molecule has 1 fully saturated rings. The Kier molecular flexibility index (Phi) is 4.60. The van der Waals surface area contributed by atoms with Crippen LogP contribution in [0.15, 0.2) is 42.7 Å². The van der Waals surface area contributed by atoms with Crippen LogP contribution in [0.5, 0.6) is 0 Å². The third kappa shape index (κ3) is 3.39. The first-order chi connectivity index (χ1) is 10.7. The van der Waals surface area contributed by atoms with Gasteiger partial charge in [-0.2, -0.15) is 5.10 Å². The predicted molar refractivity (Wildman–Crippen MR) is 87.9 cm³/mol. The zero-order valence-electron chi connectivity index (χ0n) is 13.2. The van der Waals surface area contributed by atoms with E-state index in [2.05, 4.69) is 41.6 Å². The van der Waals surface area contributed by atoms with E-state index in [1.54, 1.807) is 6.20 Å². The van der Waals surface area contributed by atoms with Crippen LogP contribution in [0.4, 0.5) is 0 Å². The molecule has 0 radical (unpaired) electrons. The first kappa shape index (κ1) is 15.3. The summed E-state index contributed by atoms with van der Waals surface area (Å²) in [6.07, 6.45) is 8.00. The van der Waals surface area contributed by atoms with E-state index in [9.17, 15) is 5.11 Å². The summed E-state index contributed by atoms with van der Waals surface area (Å²) < 4.78 is 1.86. The van der Waals surface area contributed by atoms with Crippen molar-refractivity contribution >= 4 is 0 Å². The molecule has 1 aliphatic carbocycles. The molecular formula is C18H25N3O. The molecule has 4 heteroatoms. The van der Waals surface area contributed by atoms with Crippen LogP contribution in [0.2, 0.25) is 0 Å². The molecular weight excluding hydrogens is 274 g/mol. The second kappa shape index (κ2) is 6.63. The maximum absolute atomic E-state index is 10.2. The zero-order valence-corrected chi connectivity index (χ0v) is 13.2. The van der Waals surface area contributed by atoms with E-state index in [0.717, 1.165) is 38.0 Å². The number of aromatic nitrogens is 2. The first-order valence-electron chi connectivity index (χ1n) is 8.15. The van der Waals surface area contributed by atoms with Crippen LogP contribution in [0.1, 0.15) is 38.2 Å². The average molecular weight is 299 g/mol. The number of nitrogens with one attached hydrogen (secondary N) is 1. The first-order valence-corrected chi connectivity index (χ1v) is 8.15. The van der Waals surface area contributed by atoms with Crippen LogP contribution < -0.4 is 5.32 Å². The fraction of sp³-hybridized carbons (Fsp3) is 0.500. The number of hydrogen-bond donors (Lipinski definition) is 2. The van der Waals surface area contributed by atoms with Crippen molar-refractivity contribution in [3.05, 3.63) is 48.3 Å². The van der Waals surface area contributed by atoms with Crippen molar-refractivity contribution in [3.63, 3.8) is 0 Å². The summed E-state index contributed by atoms with van der Waals surface area (Å²) >= 11 is 0. The predicted octanol–water partition coefficient (Wildman–Crippen LogP) is 2.90. The molecule has 22 heavy (non-hydrogen) atoms. The highest BCUT2D eigenvalue weighted by Crippen LogP contribution is 2.35. The molecule has 0 amide bonds. The molecule has 4 nitrogen and oxygen atoms in total. The number of nitrogens with zero attached hydrogens (tertiary/aromatic N) is 2. The molecule has 1 aromatic heterocycles. The van der Waals surface area contributed by atoms with Gasteiger partial charge in [0.1, 0.15) is 0 Å². The highest BCUT2D eigenvalue weighted by Gasteiger charge is 2.34. The quantitative estimate of drug-likeness (QED) is 0.892. The number of aliphatic hydroxyl groups excluding tert-OH is 1. The van der Waals surface area contributed by atoms with Gasteiger partial charge in [0.15, 0.2) is 0 Å². The van der Waals surface area contributed by atoms with Crippen LogP contribution in [-0.4, -0.2) is 27.5 Å². The van der Waals surface area contributed by atoms with Crippen molar-refractivity contribution in [2.24, 2.45) is 5.41 Å². The Morgan fingerprint density at radius 1 is 1.32 bits per heavy atom. The fourth-order valence-electron chi connectivity index (χ4n) is 3.27. The van der Waals surface area contributed by atoms with Gasteiger partial charge in [0.05, 0.1) is 11.8 Å². The van der Waals surface area contributed by atoms with Gasteiger partial charge in [-0.3, -0.25) is 0 Å². The lowest BCUT2D eigenvalue weighted by atomic mass is 9.73. The molecule has 1 heterocycles. The molecule has 0 aliphatic heterocycles. The van der Waals surface area contributed by atoms with Gasteiger partial charge in [0, 0.05) is 30.9 Å². The number of aliphatic hydroxyl groups is 1. The molecule has 0 bridgehead atoms. The summed E-state index contributed by atoms with van der Waals surface area (Å²) in [5, 5.41) is 18.0. The smallest absolute Gasteiger partial charge is 0.0645 e. The van der Waals surface area contributed by atoms with Crippen LogP contribution >= 0.6 is 0 Å². The number of benzene rings is 1. The van der Waals surface area contributed by atoms with E-state index in [0.29, 0.717) is 0 Å². The molecule has 2 aromatic rings. The maximum atomic E-state index is 10.2. The van der Waals surface area contributed by atoms with Gasteiger partial charge in [0.25, 0.3) is 0 Å². The fourth-order valence-corrected chi connectivity index (χ4v) is 3.27. The third-order valence-corrected chi connectivity index (χ3v) is 4.84. The summed E-state index contributed by atoms with van der Waals surface area (Å²) in [5.74, 6) is 0.